The number of methoxy groups -OCH3 is 1. The number of hydrogen-bond donors (Lipinski definition) is 0. The minimum absolute atomic E-state index is 0.0459. The van der Waals surface area contributed by atoms with E-state index in [4.69, 9.17) is 4.74 Å². The van der Waals surface area contributed by atoms with E-state index in [9.17, 15) is 14.9 Å². The largest absolute Gasteiger partial charge is 0.490 e. The molecule has 1 aromatic rings. The molecule has 0 N–H and O–H groups in total. The third kappa shape index (κ3) is 1.68. The molecule has 0 aromatic carbocycles. The van der Waals surface area contributed by atoms with Crippen LogP contribution in [0, 0.1) is 17.0 Å². The fourth-order valence-electron chi connectivity index (χ4n) is 1.08. The van der Waals surface area contributed by atoms with Gasteiger partial charge in [0.25, 0.3) is 0 Å². The van der Waals surface area contributed by atoms with E-state index in [1.54, 1.807) is 6.92 Å². The summed E-state index contributed by atoms with van der Waals surface area (Å²) >= 11 is 0. The van der Waals surface area contributed by atoms with Gasteiger partial charge in [0.05, 0.1) is 12.0 Å². The molecule has 1 rings (SSSR count). The molecule has 1 heterocycles. The smallest absolute Gasteiger partial charge is 0.339 e. The van der Waals surface area contributed by atoms with Gasteiger partial charge in [0.15, 0.2) is 12.0 Å². The molecule has 74 valence electrons. The maximum absolute atomic E-state index is 10.6. The topological polar surface area (TPSA) is 82.3 Å². The fourth-order valence-corrected chi connectivity index (χ4v) is 1.08. The highest BCUT2D eigenvalue weighted by atomic mass is 16.6. The zero-order valence-corrected chi connectivity index (χ0v) is 7.68. The molecule has 0 atom stereocenters. The Hall–Kier alpha value is -1.98. The third-order valence-corrected chi connectivity index (χ3v) is 1.63. The predicted molar refractivity (Wildman–Crippen MR) is 47.6 cm³/mol. The normalized spacial score (nSPS) is 9.57. The lowest BCUT2D eigenvalue weighted by molar-refractivity contribution is -0.386. The lowest BCUT2D eigenvalue weighted by Gasteiger charge is -2.03. The van der Waals surface area contributed by atoms with Crippen molar-refractivity contribution in [2.75, 3.05) is 7.11 Å². The second-order valence-corrected chi connectivity index (χ2v) is 2.57. The number of carbonyl (C=O) groups excluding carboxylic acids is 1. The van der Waals surface area contributed by atoms with E-state index in [0.717, 1.165) is 0 Å². The molecule has 0 aliphatic rings. The standard InChI is InChI=1S/C8H8N2O4/c1-5-3-7(14-2)8(10(12)13)6(4-11)9-5/h3-4H,1-2H3. The molecular formula is C8H8N2O4. The average molecular weight is 196 g/mol. The summed E-state index contributed by atoms with van der Waals surface area (Å²) in [4.78, 5) is 24.2. The highest BCUT2D eigenvalue weighted by molar-refractivity contribution is 5.80. The Morgan fingerprint density at radius 2 is 2.29 bits per heavy atom. The zero-order valence-electron chi connectivity index (χ0n) is 7.68. The van der Waals surface area contributed by atoms with Gasteiger partial charge in [0, 0.05) is 11.8 Å². The number of aromatic nitrogens is 1. The first-order valence-electron chi connectivity index (χ1n) is 3.75. The van der Waals surface area contributed by atoms with Crippen molar-refractivity contribution < 1.29 is 14.5 Å². The van der Waals surface area contributed by atoms with Gasteiger partial charge in [-0.15, -0.1) is 0 Å². The van der Waals surface area contributed by atoms with Crippen LogP contribution in [0.4, 0.5) is 5.69 Å². The van der Waals surface area contributed by atoms with Crippen LogP contribution in [0.1, 0.15) is 16.2 Å². The summed E-state index contributed by atoms with van der Waals surface area (Å²) in [5, 5.41) is 10.6. The van der Waals surface area contributed by atoms with Crippen LogP contribution >= 0.6 is 0 Å². The maximum Gasteiger partial charge on any atom is 0.339 e. The minimum Gasteiger partial charge on any atom is -0.490 e. The predicted octanol–water partition coefficient (Wildman–Crippen LogP) is 1.12. The molecule has 0 fully saturated rings. The number of nitrogens with zero attached hydrogens (tertiary/aromatic N) is 2. The van der Waals surface area contributed by atoms with Crippen LogP contribution in [-0.2, 0) is 0 Å². The Bertz CT molecular complexity index is 389. The Balaban J connectivity index is 3.48. The van der Waals surface area contributed by atoms with E-state index in [1.807, 2.05) is 0 Å². The van der Waals surface area contributed by atoms with Gasteiger partial charge in [-0.25, -0.2) is 4.98 Å². The lowest BCUT2D eigenvalue weighted by Crippen LogP contribution is -2.02. The molecule has 0 saturated carbocycles. The molecule has 0 saturated heterocycles. The van der Waals surface area contributed by atoms with Crippen LogP contribution in [0.25, 0.3) is 0 Å². The summed E-state index contributed by atoms with van der Waals surface area (Å²) in [5.74, 6) is 0.0459. The highest BCUT2D eigenvalue weighted by Gasteiger charge is 2.22. The van der Waals surface area contributed by atoms with Crippen molar-refractivity contribution in [3.63, 3.8) is 0 Å². The van der Waals surface area contributed by atoms with E-state index < -0.39 is 10.6 Å². The number of pyridine rings is 1. The monoisotopic (exact) mass is 196 g/mol. The van der Waals surface area contributed by atoms with E-state index in [0.29, 0.717) is 12.0 Å². The van der Waals surface area contributed by atoms with Gasteiger partial charge >= 0.3 is 5.69 Å². The molecule has 6 heteroatoms. The Kier molecular flexibility index (Phi) is 2.76. The first kappa shape index (κ1) is 10.1. The van der Waals surface area contributed by atoms with Crippen molar-refractivity contribution in [3.05, 3.63) is 27.6 Å². The van der Waals surface area contributed by atoms with Crippen molar-refractivity contribution in [3.8, 4) is 5.75 Å². The summed E-state index contributed by atoms with van der Waals surface area (Å²) in [6.45, 7) is 1.62. The Morgan fingerprint density at radius 1 is 1.64 bits per heavy atom. The number of ether oxygens (including phenoxy) is 1. The van der Waals surface area contributed by atoms with Crippen molar-refractivity contribution >= 4 is 12.0 Å². The molecule has 0 amide bonds. The highest BCUT2D eigenvalue weighted by Crippen LogP contribution is 2.28. The molecule has 14 heavy (non-hydrogen) atoms. The minimum atomic E-state index is -0.686. The van der Waals surface area contributed by atoms with Gasteiger partial charge in [-0.2, -0.15) is 0 Å². The molecule has 0 radical (unpaired) electrons. The lowest BCUT2D eigenvalue weighted by atomic mass is 10.2. The van der Waals surface area contributed by atoms with Gasteiger partial charge in [0.2, 0.25) is 5.75 Å². The summed E-state index contributed by atoms with van der Waals surface area (Å²) in [5.41, 5.74) is -0.116. The first-order chi connectivity index (χ1) is 6.60. The van der Waals surface area contributed by atoms with Gasteiger partial charge in [-0.05, 0) is 6.92 Å². The van der Waals surface area contributed by atoms with E-state index >= 15 is 0 Å². The van der Waals surface area contributed by atoms with Crippen molar-refractivity contribution in [2.24, 2.45) is 0 Å². The van der Waals surface area contributed by atoms with E-state index in [2.05, 4.69) is 4.98 Å². The molecule has 0 aliphatic carbocycles. The Morgan fingerprint density at radius 3 is 2.71 bits per heavy atom. The van der Waals surface area contributed by atoms with Crippen LogP contribution in [0.2, 0.25) is 0 Å². The van der Waals surface area contributed by atoms with Crippen LogP contribution < -0.4 is 4.74 Å². The fraction of sp³-hybridized carbons (Fsp3) is 0.250. The van der Waals surface area contributed by atoms with E-state index in [-0.39, 0.29) is 11.4 Å². The van der Waals surface area contributed by atoms with Crippen molar-refractivity contribution in [1.82, 2.24) is 4.98 Å². The molecule has 6 nitrogen and oxygen atoms in total. The van der Waals surface area contributed by atoms with Gasteiger partial charge in [-0.3, -0.25) is 14.9 Å². The van der Waals surface area contributed by atoms with Gasteiger partial charge in [-0.1, -0.05) is 0 Å². The summed E-state index contributed by atoms with van der Waals surface area (Å²) in [6, 6.07) is 1.41. The number of nitro groups is 1. The molecule has 0 unspecified atom stereocenters. The molecule has 0 bridgehead atoms. The van der Waals surface area contributed by atoms with E-state index in [1.165, 1.54) is 13.2 Å². The van der Waals surface area contributed by atoms with Crippen LogP contribution in [0.3, 0.4) is 0 Å². The van der Waals surface area contributed by atoms with Crippen molar-refractivity contribution in [2.45, 2.75) is 6.92 Å². The quantitative estimate of drug-likeness (QED) is 0.411. The molecule has 0 aliphatic heterocycles. The average Bonchev–Trinajstić information content (AvgIpc) is 2.15. The number of hydrogen-bond acceptors (Lipinski definition) is 5. The SMILES string of the molecule is COc1cc(C)nc(C=O)c1[N+](=O)[O-]. The number of carbonyl (C=O) groups is 1. The second kappa shape index (κ2) is 3.82. The van der Waals surface area contributed by atoms with Crippen LogP contribution in [0.5, 0.6) is 5.75 Å². The summed E-state index contributed by atoms with van der Waals surface area (Å²) in [7, 11) is 1.30. The molecule has 1 aromatic heterocycles. The number of rotatable bonds is 3. The van der Waals surface area contributed by atoms with Gasteiger partial charge in [0.1, 0.15) is 0 Å². The first-order valence-corrected chi connectivity index (χ1v) is 3.75. The second-order valence-electron chi connectivity index (χ2n) is 2.57. The Labute approximate surface area is 79.7 Å². The molecule has 0 spiro atoms. The summed E-state index contributed by atoms with van der Waals surface area (Å²) < 4.78 is 4.79. The number of aryl methyl sites for hydroxylation is 1. The van der Waals surface area contributed by atoms with Crippen LogP contribution in [-0.4, -0.2) is 23.3 Å². The number of aldehydes is 1. The van der Waals surface area contributed by atoms with Crippen LogP contribution in [0.15, 0.2) is 6.07 Å². The summed E-state index contributed by atoms with van der Waals surface area (Å²) in [6.07, 6.45) is 0.341. The van der Waals surface area contributed by atoms with Crippen molar-refractivity contribution in [1.29, 1.82) is 0 Å². The molecular weight excluding hydrogens is 188 g/mol. The maximum atomic E-state index is 10.6. The van der Waals surface area contributed by atoms with Gasteiger partial charge < -0.3 is 4.74 Å². The zero-order chi connectivity index (χ0) is 10.7. The third-order valence-electron chi connectivity index (χ3n) is 1.63.